The van der Waals surface area contributed by atoms with Crippen LogP contribution in [0.25, 0.3) is 11.3 Å². The molecule has 0 atom stereocenters. The first-order valence-corrected chi connectivity index (χ1v) is 4.26. The Bertz CT molecular complexity index is 402. The van der Waals surface area contributed by atoms with Crippen molar-refractivity contribution in [1.29, 1.82) is 0 Å². The molecule has 2 aromatic rings. The molecule has 3 N–H and O–H groups in total. The normalized spacial score (nSPS) is 9.13. The maximum atomic E-state index is 5.19. The van der Waals surface area contributed by atoms with Crippen molar-refractivity contribution in [3.8, 4) is 11.3 Å². The third kappa shape index (κ3) is 2.65. The third-order valence-corrected chi connectivity index (χ3v) is 1.88. The molecular formula is C10H11ClN4. The molecule has 0 amide bonds. The number of nitrogens with two attached hydrogens (primary N) is 1. The number of nitrogens with zero attached hydrogens (tertiary/aromatic N) is 2. The van der Waals surface area contributed by atoms with Crippen molar-refractivity contribution in [2.24, 2.45) is 5.84 Å². The van der Waals surface area contributed by atoms with Crippen molar-refractivity contribution in [2.45, 2.75) is 0 Å². The second-order valence-electron chi connectivity index (χ2n) is 2.81. The minimum absolute atomic E-state index is 0. The highest BCUT2D eigenvalue weighted by Gasteiger charge is 1.98. The van der Waals surface area contributed by atoms with Gasteiger partial charge in [0.15, 0.2) is 5.82 Å². The van der Waals surface area contributed by atoms with Crippen LogP contribution >= 0.6 is 12.4 Å². The Kier molecular flexibility index (Phi) is 4.03. The number of aromatic nitrogens is 2. The molecule has 0 aliphatic heterocycles. The summed E-state index contributed by atoms with van der Waals surface area (Å²) in [6.45, 7) is 0. The van der Waals surface area contributed by atoms with E-state index in [2.05, 4.69) is 15.6 Å². The molecule has 0 saturated heterocycles. The number of anilines is 1. The average Bonchev–Trinajstić information content (AvgIpc) is 2.30. The molecule has 1 aromatic heterocycles. The molecular weight excluding hydrogens is 212 g/mol. The van der Waals surface area contributed by atoms with E-state index in [1.54, 1.807) is 6.07 Å². The Morgan fingerprint density at radius 1 is 0.933 bits per heavy atom. The van der Waals surface area contributed by atoms with Gasteiger partial charge in [-0.25, -0.2) is 5.84 Å². The quantitative estimate of drug-likeness (QED) is 0.601. The van der Waals surface area contributed by atoms with Crippen LogP contribution in [-0.2, 0) is 0 Å². The highest BCUT2D eigenvalue weighted by atomic mass is 35.5. The number of nitrogen functional groups attached to an aromatic ring is 1. The highest BCUT2D eigenvalue weighted by Crippen LogP contribution is 2.15. The van der Waals surface area contributed by atoms with Crippen molar-refractivity contribution >= 4 is 18.2 Å². The smallest absolute Gasteiger partial charge is 0.162 e. The number of halogens is 1. The van der Waals surface area contributed by atoms with E-state index < -0.39 is 0 Å². The van der Waals surface area contributed by atoms with Gasteiger partial charge in [-0.15, -0.1) is 22.6 Å². The van der Waals surface area contributed by atoms with Gasteiger partial charge in [-0.3, -0.25) is 0 Å². The van der Waals surface area contributed by atoms with Crippen LogP contribution < -0.4 is 11.3 Å². The summed E-state index contributed by atoms with van der Waals surface area (Å²) in [4.78, 5) is 0. The maximum Gasteiger partial charge on any atom is 0.162 e. The monoisotopic (exact) mass is 222 g/mol. The van der Waals surface area contributed by atoms with E-state index in [4.69, 9.17) is 5.84 Å². The van der Waals surface area contributed by atoms with Crippen LogP contribution in [0, 0.1) is 0 Å². The van der Waals surface area contributed by atoms with Gasteiger partial charge in [-0.05, 0) is 12.1 Å². The van der Waals surface area contributed by atoms with Crippen LogP contribution in [0.4, 0.5) is 5.82 Å². The standard InChI is InChI=1S/C10H10N4.ClH/c11-12-10-7-6-9(13-14-10)8-4-2-1-3-5-8;/h1-7H,11H2,(H,12,14);1H. The largest absolute Gasteiger partial charge is 0.307 e. The topological polar surface area (TPSA) is 63.8 Å². The number of nitrogens with one attached hydrogen (secondary N) is 1. The first kappa shape index (κ1) is 11.4. The van der Waals surface area contributed by atoms with Crippen LogP contribution in [0.1, 0.15) is 0 Å². The number of hydrogen-bond donors (Lipinski definition) is 2. The van der Waals surface area contributed by atoms with Gasteiger partial charge in [-0.2, -0.15) is 0 Å². The lowest BCUT2D eigenvalue weighted by molar-refractivity contribution is 1.03. The first-order chi connectivity index (χ1) is 6.90. The minimum Gasteiger partial charge on any atom is -0.307 e. The van der Waals surface area contributed by atoms with E-state index in [0.717, 1.165) is 11.3 Å². The molecule has 78 valence electrons. The molecule has 2 rings (SSSR count). The number of hydrazine groups is 1. The molecule has 1 heterocycles. The van der Waals surface area contributed by atoms with Crippen molar-refractivity contribution < 1.29 is 0 Å². The van der Waals surface area contributed by atoms with Crippen LogP contribution in [0.3, 0.4) is 0 Å². The SMILES string of the molecule is Cl.NNc1ccc(-c2ccccc2)nn1. The Balaban J connectivity index is 0.00000112. The lowest BCUT2D eigenvalue weighted by Crippen LogP contribution is -2.08. The fourth-order valence-corrected chi connectivity index (χ4v) is 1.17. The summed E-state index contributed by atoms with van der Waals surface area (Å²) < 4.78 is 0. The summed E-state index contributed by atoms with van der Waals surface area (Å²) in [7, 11) is 0. The summed E-state index contributed by atoms with van der Waals surface area (Å²) in [5, 5.41) is 7.91. The molecule has 0 spiro atoms. The zero-order valence-corrected chi connectivity index (χ0v) is 8.74. The van der Waals surface area contributed by atoms with E-state index in [9.17, 15) is 0 Å². The Labute approximate surface area is 93.9 Å². The van der Waals surface area contributed by atoms with Crippen molar-refractivity contribution in [1.82, 2.24) is 10.2 Å². The van der Waals surface area contributed by atoms with Gasteiger partial charge in [0.25, 0.3) is 0 Å². The van der Waals surface area contributed by atoms with Gasteiger partial charge in [0.05, 0.1) is 5.69 Å². The second-order valence-corrected chi connectivity index (χ2v) is 2.81. The van der Waals surface area contributed by atoms with Gasteiger partial charge >= 0.3 is 0 Å². The molecule has 0 aliphatic rings. The summed E-state index contributed by atoms with van der Waals surface area (Å²) in [6.07, 6.45) is 0. The Morgan fingerprint density at radius 2 is 1.67 bits per heavy atom. The summed E-state index contributed by atoms with van der Waals surface area (Å²) in [6, 6.07) is 13.5. The number of rotatable bonds is 2. The van der Waals surface area contributed by atoms with E-state index >= 15 is 0 Å². The zero-order valence-electron chi connectivity index (χ0n) is 7.92. The van der Waals surface area contributed by atoms with Crippen LogP contribution in [0.15, 0.2) is 42.5 Å². The first-order valence-electron chi connectivity index (χ1n) is 4.26. The Morgan fingerprint density at radius 3 is 2.20 bits per heavy atom. The lowest BCUT2D eigenvalue weighted by atomic mass is 10.1. The van der Waals surface area contributed by atoms with Gasteiger partial charge in [-0.1, -0.05) is 30.3 Å². The zero-order chi connectivity index (χ0) is 9.80. The Hall–Kier alpha value is -1.65. The van der Waals surface area contributed by atoms with Crippen LogP contribution in [0.5, 0.6) is 0 Å². The van der Waals surface area contributed by atoms with Crippen molar-refractivity contribution in [3.05, 3.63) is 42.5 Å². The molecule has 15 heavy (non-hydrogen) atoms. The van der Waals surface area contributed by atoms with Gasteiger partial charge in [0.1, 0.15) is 0 Å². The van der Waals surface area contributed by atoms with E-state index in [1.807, 2.05) is 36.4 Å². The molecule has 0 aliphatic carbocycles. The molecule has 0 radical (unpaired) electrons. The number of hydrogen-bond acceptors (Lipinski definition) is 4. The second kappa shape index (κ2) is 5.29. The van der Waals surface area contributed by atoms with Crippen molar-refractivity contribution in [3.63, 3.8) is 0 Å². The number of benzene rings is 1. The van der Waals surface area contributed by atoms with E-state index in [-0.39, 0.29) is 12.4 Å². The van der Waals surface area contributed by atoms with Crippen molar-refractivity contribution in [2.75, 3.05) is 5.43 Å². The van der Waals surface area contributed by atoms with Gasteiger partial charge in [0.2, 0.25) is 0 Å². The molecule has 1 aromatic carbocycles. The molecule has 5 heteroatoms. The van der Waals surface area contributed by atoms with Crippen LogP contribution in [0.2, 0.25) is 0 Å². The van der Waals surface area contributed by atoms with E-state index in [1.165, 1.54) is 0 Å². The lowest BCUT2D eigenvalue weighted by Gasteiger charge is -2.00. The fourth-order valence-electron chi connectivity index (χ4n) is 1.17. The van der Waals surface area contributed by atoms with Crippen LogP contribution in [-0.4, -0.2) is 10.2 Å². The van der Waals surface area contributed by atoms with Gasteiger partial charge < -0.3 is 5.43 Å². The molecule has 0 bridgehead atoms. The predicted octanol–water partition coefficient (Wildman–Crippen LogP) is 1.85. The fraction of sp³-hybridized carbons (Fsp3) is 0. The highest BCUT2D eigenvalue weighted by molar-refractivity contribution is 5.85. The minimum atomic E-state index is 0. The molecule has 0 saturated carbocycles. The molecule has 0 unspecified atom stereocenters. The summed E-state index contributed by atoms with van der Waals surface area (Å²) in [5.74, 6) is 5.75. The molecule has 0 fully saturated rings. The van der Waals surface area contributed by atoms with Gasteiger partial charge in [0, 0.05) is 5.56 Å². The maximum absolute atomic E-state index is 5.19. The summed E-state index contributed by atoms with van der Waals surface area (Å²) in [5.41, 5.74) is 4.31. The predicted molar refractivity (Wildman–Crippen MR) is 62.5 cm³/mol. The summed E-state index contributed by atoms with van der Waals surface area (Å²) >= 11 is 0. The third-order valence-electron chi connectivity index (χ3n) is 1.88. The molecule has 4 nitrogen and oxygen atoms in total. The average molecular weight is 223 g/mol. The van der Waals surface area contributed by atoms with E-state index in [0.29, 0.717) is 5.82 Å².